The standard InChI is InChI=1S/C51H30N4O2/c1-3-14-31(15-4-1)49-52-50(32-16-5-2-6-17-32)54-51(53-49)40-24-13-27-45-46(40)39-23-12-21-37(48(39)57-45)36-20-11-22-38-41-30-33(28-29-44(41)56-47(36)38)55-42-25-9-7-18-34(42)35-19-8-10-26-43(35)55/h1-30H. The summed E-state index contributed by atoms with van der Waals surface area (Å²) in [6, 6.07) is 62.5. The van der Waals surface area contributed by atoms with E-state index in [1.54, 1.807) is 0 Å². The summed E-state index contributed by atoms with van der Waals surface area (Å²) in [5.74, 6) is 1.81. The number of benzene rings is 8. The van der Waals surface area contributed by atoms with Gasteiger partial charge in [-0.15, -0.1) is 0 Å². The molecule has 0 aliphatic rings. The number of aromatic nitrogens is 4. The number of nitrogens with zero attached hydrogens (tertiary/aromatic N) is 4. The van der Waals surface area contributed by atoms with E-state index in [-0.39, 0.29) is 0 Å². The molecule has 0 aliphatic carbocycles. The van der Waals surface area contributed by atoms with Crippen LogP contribution >= 0.6 is 0 Å². The summed E-state index contributed by atoms with van der Waals surface area (Å²) in [6.07, 6.45) is 0. The Bertz CT molecular complexity index is 3410. The minimum absolute atomic E-state index is 0.583. The van der Waals surface area contributed by atoms with E-state index in [1.807, 2.05) is 72.8 Å². The predicted molar refractivity (Wildman–Crippen MR) is 230 cm³/mol. The van der Waals surface area contributed by atoms with Crippen molar-refractivity contribution in [3.63, 3.8) is 0 Å². The van der Waals surface area contributed by atoms with Crippen molar-refractivity contribution >= 4 is 65.7 Å². The molecule has 0 aliphatic heterocycles. The SMILES string of the molecule is c1ccc(-c2nc(-c3ccccc3)nc(-c3cccc4oc5c(-c6cccc7c6oc6ccc(-n8c9ccccc9c9ccccc98)cc67)cccc5c34)n2)cc1. The van der Waals surface area contributed by atoms with Crippen LogP contribution in [0.1, 0.15) is 0 Å². The molecule has 0 spiro atoms. The molecule has 6 nitrogen and oxygen atoms in total. The number of hydrogen-bond acceptors (Lipinski definition) is 5. The van der Waals surface area contributed by atoms with Gasteiger partial charge in [0.2, 0.25) is 0 Å². The van der Waals surface area contributed by atoms with Crippen molar-refractivity contribution < 1.29 is 8.83 Å². The van der Waals surface area contributed by atoms with E-state index >= 15 is 0 Å². The lowest BCUT2D eigenvalue weighted by Gasteiger charge is -2.09. The number of rotatable bonds is 5. The first kappa shape index (κ1) is 31.5. The third-order valence-electron chi connectivity index (χ3n) is 11.1. The molecular weight excluding hydrogens is 701 g/mol. The highest BCUT2D eigenvalue weighted by Gasteiger charge is 2.22. The smallest absolute Gasteiger partial charge is 0.164 e. The Morgan fingerprint density at radius 2 is 0.860 bits per heavy atom. The van der Waals surface area contributed by atoms with Gasteiger partial charge < -0.3 is 13.4 Å². The van der Waals surface area contributed by atoms with Gasteiger partial charge in [-0.2, -0.15) is 0 Å². The average molecular weight is 731 g/mol. The lowest BCUT2D eigenvalue weighted by molar-refractivity contribution is 0.665. The summed E-state index contributed by atoms with van der Waals surface area (Å²) in [5.41, 5.74) is 11.3. The van der Waals surface area contributed by atoms with Crippen molar-refractivity contribution in [2.24, 2.45) is 0 Å². The topological polar surface area (TPSA) is 69.9 Å². The third-order valence-corrected chi connectivity index (χ3v) is 11.1. The molecule has 6 heteroatoms. The second kappa shape index (κ2) is 12.3. The van der Waals surface area contributed by atoms with Crippen LogP contribution in [0.15, 0.2) is 191 Å². The van der Waals surface area contributed by atoms with Crippen LogP contribution in [0.3, 0.4) is 0 Å². The molecule has 4 heterocycles. The highest BCUT2D eigenvalue weighted by atomic mass is 16.3. The molecule has 12 aromatic rings. The molecule has 0 bridgehead atoms. The Kier molecular flexibility index (Phi) is 6.83. The summed E-state index contributed by atoms with van der Waals surface area (Å²) in [4.78, 5) is 15.0. The molecule has 0 saturated carbocycles. The number of fused-ring (bicyclic) bond motifs is 9. The predicted octanol–water partition coefficient (Wildman–Crippen LogP) is 13.4. The molecule has 0 amide bonds. The van der Waals surface area contributed by atoms with E-state index in [1.165, 1.54) is 21.8 Å². The molecule has 0 radical (unpaired) electrons. The van der Waals surface area contributed by atoms with Crippen LogP contribution in [0.4, 0.5) is 0 Å². The molecule has 0 atom stereocenters. The summed E-state index contributed by atoms with van der Waals surface area (Å²) >= 11 is 0. The zero-order chi connectivity index (χ0) is 37.5. The van der Waals surface area contributed by atoms with Crippen molar-refractivity contribution in [1.29, 1.82) is 0 Å². The maximum atomic E-state index is 6.79. The van der Waals surface area contributed by atoms with Crippen molar-refractivity contribution in [2.75, 3.05) is 0 Å². The molecule has 0 N–H and O–H groups in total. The fourth-order valence-electron chi connectivity index (χ4n) is 8.51. The van der Waals surface area contributed by atoms with E-state index in [9.17, 15) is 0 Å². The molecule has 8 aromatic carbocycles. The van der Waals surface area contributed by atoms with Crippen LogP contribution in [0.2, 0.25) is 0 Å². The van der Waals surface area contributed by atoms with E-state index < -0.39 is 0 Å². The van der Waals surface area contributed by atoms with Gasteiger partial charge in [0, 0.05) is 65.8 Å². The van der Waals surface area contributed by atoms with Gasteiger partial charge in [0.25, 0.3) is 0 Å². The molecule has 0 saturated heterocycles. The minimum atomic E-state index is 0.583. The molecule has 57 heavy (non-hydrogen) atoms. The van der Waals surface area contributed by atoms with E-state index in [0.29, 0.717) is 17.5 Å². The van der Waals surface area contributed by atoms with E-state index in [0.717, 1.165) is 77.4 Å². The van der Waals surface area contributed by atoms with Gasteiger partial charge in [0.05, 0.1) is 11.0 Å². The van der Waals surface area contributed by atoms with Gasteiger partial charge in [-0.1, -0.05) is 146 Å². The third kappa shape index (κ3) is 4.87. The Morgan fingerprint density at radius 3 is 1.53 bits per heavy atom. The van der Waals surface area contributed by atoms with Crippen LogP contribution in [-0.2, 0) is 0 Å². The lowest BCUT2D eigenvalue weighted by Crippen LogP contribution is -2.00. The van der Waals surface area contributed by atoms with Gasteiger partial charge >= 0.3 is 0 Å². The molecule has 266 valence electrons. The average Bonchev–Trinajstić information content (AvgIpc) is 3.96. The summed E-state index contributed by atoms with van der Waals surface area (Å²) < 4.78 is 15.9. The second-order valence-corrected chi connectivity index (χ2v) is 14.3. The van der Waals surface area contributed by atoms with Crippen LogP contribution in [-0.4, -0.2) is 19.5 Å². The summed E-state index contributed by atoms with van der Waals surface area (Å²) in [5, 5.41) is 6.50. The van der Waals surface area contributed by atoms with Crippen molar-refractivity contribution in [3.05, 3.63) is 182 Å². The number of para-hydroxylation sites is 4. The molecule has 0 unspecified atom stereocenters. The van der Waals surface area contributed by atoms with Crippen LogP contribution < -0.4 is 0 Å². The lowest BCUT2D eigenvalue weighted by atomic mass is 9.98. The molecule has 0 fully saturated rings. The van der Waals surface area contributed by atoms with Crippen LogP contribution in [0.25, 0.3) is 117 Å². The maximum absolute atomic E-state index is 6.79. The Morgan fingerprint density at radius 1 is 0.351 bits per heavy atom. The highest BCUT2D eigenvalue weighted by molar-refractivity contribution is 6.18. The van der Waals surface area contributed by atoms with Crippen molar-refractivity contribution in [2.45, 2.75) is 0 Å². The Hall–Kier alpha value is -7.83. The molecular formula is C51H30N4O2. The van der Waals surface area contributed by atoms with Crippen molar-refractivity contribution in [3.8, 4) is 51.0 Å². The molecule has 4 aromatic heterocycles. The first-order valence-electron chi connectivity index (χ1n) is 19.0. The highest BCUT2D eigenvalue weighted by Crippen LogP contribution is 2.44. The summed E-state index contributed by atoms with van der Waals surface area (Å²) in [6.45, 7) is 0. The van der Waals surface area contributed by atoms with Gasteiger partial charge in [0.15, 0.2) is 17.5 Å². The van der Waals surface area contributed by atoms with E-state index in [2.05, 4.69) is 114 Å². The normalized spacial score (nSPS) is 11.9. The van der Waals surface area contributed by atoms with Gasteiger partial charge in [-0.25, -0.2) is 15.0 Å². The summed E-state index contributed by atoms with van der Waals surface area (Å²) in [7, 11) is 0. The monoisotopic (exact) mass is 730 g/mol. The van der Waals surface area contributed by atoms with Gasteiger partial charge in [-0.3, -0.25) is 0 Å². The Balaban J connectivity index is 1.04. The van der Waals surface area contributed by atoms with Crippen molar-refractivity contribution in [1.82, 2.24) is 19.5 Å². The number of furan rings is 2. The van der Waals surface area contributed by atoms with E-state index in [4.69, 9.17) is 23.8 Å². The first-order valence-corrected chi connectivity index (χ1v) is 19.0. The maximum Gasteiger partial charge on any atom is 0.164 e. The number of hydrogen-bond donors (Lipinski definition) is 0. The first-order chi connectivity index (χ1) is 28.3. The van der Waals surface area contributed by atoms with Gasteiger partial charge in [-0.05, 0) is 36.4 Å². The molecule has 12 rings (SSSR count). The zero-order valence-corrected chi connectivity index (χ0v) is 30.4. The van der Waals surface area contributed by atoms with Crippen LogP contribution in [0, 0.1) is 0 Å². The minimum Gasteiger partial charge on any atom is -0.455 e. The second-order valence-electron chi connectivity index (χ2n) is 14.3. The fraction of sp³-hybridized carbons (Fsp3) is 0. The van der Waals surface area contributed by atoms with Crippen LogP contribution in [0.5, 0.6) is 0 Å². The largest absolute Gasteiger partial charge is 0.455 e. The fourth-order valence-corrected chi connectivity index (χ4v) is 8.51. The van der Waals surface area contributed by atoms with Gasteiger partial charge in [0.1, 0.15) is 22.3 Å². The zero-order valence-electron chi connectivity index (χ0n) is 30.4. The Labute approximate surface area is 325 Å². The quantitative estimate of drug-likeness (QED) is 0.176.